The summed E-state index contributed by atoms with van der Waals surface area (Å²) in [5, 5.41) is 15.7. The van der Waals surface area contributed by atoms with Crippen LogP contribution in [0.4, 0.5) is 0 Å². The van der Waals surface area contributed by atoms with E-state index in [1.807, 2.05) is 24.3 Å². The molecule has 6 heteroatoms. The van der Waals surface area contributed by atoms with Crippen molar-refractivity contribution in [3.8, 4) is 5.69 Å². The molecule has 1 heterocycles. The van der Waals surface area contributed by atoms with Crippen LogP contribution in [0.25, 0.3) is 5.69 Å². The molecule has 0 bridgehead atoms. The second-order valence-electron chi connectivity index (χ2n) is 2.89. The Bertz CT molecular complexity index is 534. The number of H-pyrrole nitrogens is 1. The van der Waals surface area contributed by atoms with Gasteiger partial charge in [-0.2, -0.15) is 5.10 Å². The topological polar surface area (TPSA) is 53.8 Å². The Labute approximate surface area is 99.7 Å². The van der Waals surface area contributed by atoms with Crippen LogP contribution in [0.3, 0.4) is 0 Å². The first kappa shape index (κ1) is 10.5. The van der Waals surface area contributed by atoms with E-state index in [2.05, 4.69) is 26.1 Å². The van der Waals surface area contributed by atoms with Gasteiger partial charge < -0.3 is 5.11 Å². The van der Waals surface area contributed by atoms with E-state index in [0.29, 0.717) is 10.6 Å². The maximum atomic E-state index is 9.12. The monoisotopic (exact) mass is 285 g/mol. The molecular formula is C9H8BrN3OS. The number of benzene rings is 1. The second-order valence-corrected chi connectivity index (χ2v) is 4.13. The minimum absolute atomic E-state index is 0.158. The van der Waals surface area contributed by atoms with Crippen LogP contribution in [-0.4, -0.2) is 19.9 Å². The van der Waals surface area contributed by atoms with Gasteiger partial charge in [-0.1, -0.05) is 12.1 Å². The fraction of sp³-hybridized carbons (Fsp3) is 0.111. The molecule has 0 saturated carbocycles. The normalized spacial score (nSPS) is 10.5. The van der Waals surface area contributed by atoms with E-state index in [0.717, 1.165) is 10.2 Å². The molecule has 0 fully saturated rings. The molecule has 0 aliphatic heterocycles. The smallest absolute Gasteiger partial charge is 0.199 e. The van der Waals surface area contributed by atoms with Crippen LogP contribution >= 0.6 is 28.1 Å². The van der Waals surface area contributed by atoms with Gasteiger partial charge in [-0.25, -0.2) is 0 Å². The molecule has 0 saturated heterocycles. The van der Waals surface area contributed by atoms with Crippen molar-refractivity contribution in [1.29, 1.82) is 0 Å². The van der Waals surface area contributed by atoms with Gasteiger partial charge in [0.15, 0.2) is 10.6 Å². The number of aliphatic hydroxyl groups excluding tert-OH is 1. The molecule has 4 nitrogen and oxygen atoms in total. The maximum Gasteiger partial charge on any atom is 0.199 e. The first-order chi connectivity index (χ1) is 7.24. The van der Waals surface area contributed by atoms with Gasteiger partial charge in [0.05, 0.1) is 5.69 Å². The molecule has 1 aromatic heterocycles. The number of hydrogen-bond donors (Lipinski definition) is 2. The number of nitrogens with zero attached hydrogens (tertiary/aromatic N) is 2. The van der Waals surface area contributed by atoms with Crippen LogP contribution in [-0.2, 0) is 6.61 Å². The highest BCUT2D eigenvalue weighted by Crippen LogP contribution is 2.21. The fourth-order valence-electron chi connectivity index (χ4n) is 1.32. The molecule has 0 aliphatic rings. The predicted octanol–water partition coefficient (Wildman–Crippen LogP) is 2.18. The number of para-hydroxylation sites is 1. The summed E-state index contributed by atoms with van der Waals surface area (Å²) < 4.78 is 3.06. The molecule has 0 radical (unpaired) electrons. The van der Waals surface area contributed by atoms with Crippen molar-refractivity contribution in [2.75, 3.05) is 0 Å². The molecule has 2 rings (SSSR count). The van der Waals surface area contributed by atoms with Crippen LogP contribution in [0.5, 0.6) is 0 Å². The Hall–Kier alpha value is -0.980. The number of aromatic nitrogens is 3. The van der Waals surface area contributed by atoms with Crippen molar-refractivity contribution < 1.29 is 5.11 Å². The first-order valence-corrected chi connectivity index (χ1v) is 5.46. The molecular weight excluding hydrogens is 278 g/mol. The quantitative estimate of drug-likeness (QED) is 0.832. The van der Waals surface area contributed by atoms with Crippen molar-refractivity contribution in [3.05, 3.63) is 39.3 Å². The van der Waals surface area contributed by atoms with Gasteiger partial charge in [0.1, 0.15) is 6.61 Å². The molecule has 0 amide bonds. The van der Waals surface area contributed by atoms with Crippen molar-refractivity contribution in [2.24, 2.45) is 0 Å². The van der Waals surface area contributed by atoms with Gasteiger partial charge in [0.2, 0.25) is 0 Å². The molecule has 15 heavy (non-hydrogen) atoms. The van der Waals surface area contributed by atoms with E-state index >= 15 is 0 Å². The largest absolute Gasteiger partial charge is 0.388 e. The summed E-state index contributed by atoms with van der Waals surface area (Å²) in [6, 6.07) is 7.62. The summed E-state index contributed by atoms with van der Waals surface area (Å²) in [5.74, 6) is 0.493. The summed E-state index contributed by atoms with van der Waals surface area (Å²) >= 11 is 8.52. The summed E-state index contributed by atoms with van der Waals surface area (Å²) in [6.07, 6.45) is 0. The van der Waals surface area contributed by atoms with Crippen LogP contribution < -0.4 is 0 Å². The van der Waals surface area contributed by atoms with Crippen molar-refractivity contribution in [3.63, 3.8) is 0 Å². The number of halogens is 1. The van der Waals surface area contributed by atoms with Gasteiger partial charge in [-0.15, -0.1) is 0 Å². The number of aromatic amines is 1. The van der Waals surface area contributed by atoms with E-state index in [9.17, 15) is 0 Å². The highest BCUT2D eigenvalue weighted by atomic mass is 79.9. The number of hydrogen-bond acceptors (Lipinski definition) is 3. The molecule has 0 atom stereocenters. The van der Waals surface area contributed by atoms with E-state index < -0.39 is 0 Å². The number of aliphatic hydroxyl groups is 1. The minimum Gasteiger partial charge on any atom is -0.388 e. The fourth-order valence-corrected chi connectivity index (χ4v) is 2.03. The average Bonchev–Trinajstić information content (AvgIpc) is 2.60. The van der Waals surface area contributed by atoms with Gasteiger partial charge in [-0.3, -0.25) is 9.67 Å². The van der Waals surface area contributed by atoms with Gasteiger partial charge in [-0.05, 0) is 40.3 Å². The summed E-state index contributed by atoms with van der Waals surface area (Å²) in [5.41, 5.74) is 0.861. The van der Waals surface area contributed by atoms with Gasteiger partial charge in [0.25, 0.3) is 0 Å². The lowest BCUT2D eigenvalue weighted by Crippen LogP contribution is -2.01. The summed E-state index contributed by atoms with van der Waals surface area (Å²) in [6.45, 7) is -0.158. The van der Waals surface area contributed by atoms with Crippen molar-refractivity contribution in [2.45, 2.75) is 6.61 Å². The predicted molar refractivity (Wildman–Crippen MR) is 62.4 cm³/mol. The third kappa shape index (κ3) is 1.88. The Kier molecular flexibility index (Phi) is 2.99. The van der Waals surface area contributed by atoms with Crippen molar-refractivity contribution >= 4 is 28.1 Å². The zero-order valence-electron chi connectivity index (χ0n) is 7.64. The van der Waals surface area contributed by atoms with Crippen LogP contribution in [0.1, 0.15) is 5.82 Å². The Balaban J connectivity index is 2.68. The zero-order valence-corrected chi connectivity index (χ0v) is 10.0. The van der Waals surface area contributed by atoms with Crippen LogP contribution in [0, 0.1) is 4.77 Å². The van der Waals surface area contributed by atoms with E-state index in [1.54, 1.807) is 4.57 Å². The third-order valence-electron chi connectivity index (χ3n) is 1.98. The highest BCUT2D eigenvalue weighted by Gasteiger charge is 2.09. The summed E-state index contributed by atoms with van der Waals surface area (Å²) in [7, 11) is 0. The lowest BCUT2D eigenvalue weighted by molar-refractivity contribution is 0.268. The van der Waals surface area contributed by atoms with Crippen molar-refractivity contribution in [1.82, 2.24) is 14.8 Å². The van der Waals surface area contributed by atoms with Crippen LogP contribution in [0.15, 0.2) is 28.7 Å². The standard InChI is InChI=1S/C9H8BrN3OS/c10-6-3-1-2-4-7(6)13-8(5-14)11-12-9(13)15/h1-4,14H,5H2,(H,12,15). The number of rotatable bonds is 2. The molecule has 78 valence electrons. The van der Waals surface area contributed by atoms with Gasteiger partial charge in [0, 0.05) is 4.47 Å². The minimum atomic E-state index is -0.158. The molecule has 0 spiro atoms. The molecule has 0 aliphatic carbocycles. The van der Waals surface area contributed by atoms with E-state index in [1.165, 1.54) is 0 Å². The average molecular weight is 286 g/mol. The Morgan fingerprint density at radius 1 is 1.47 bits per heavy atom. The zero-order chi connectivity index (χ0) is 10.8. The van der Waals surface area contributed by atoms with Gasteiger partial charge >= 0.3 is 0 Å². The lowest BCUT2D eigenvalue weighted by atomic mass is 10.3. The molecule has 0 unspecified atom stereocenters. The SMILES string of the molecule is OCc1n[nH]c(=S)n1-c1ccccc1Br. The highest BCUT2D eigenvalue weighted by molar-refractivity contribution is 9.10. The maximum absolute atomic E-state index is 9.12. The lowest BCUT2D eigenvalue weighted by Gasteiger charge is -2.06. The molecule has 2 aromatic rings. The van der Waals surface area contributed by atoms with E-state index in [4.69, 9.17) is 17.3 Å². The molecule has 1 aromatic carbocycles. The van der Waals surface area contributed by atoms with Crippen LogP contribution in [0.2, 0.25) is 0 Å². The van der Waals surface area contributed by atoms with E-state index in [-0.39, 0.29) is 6.61 Å². The Morgan fingerprint density at radius 2 is 2.20 bits per heavy atom. The summed E-state index contributed by atoms with van der Waals surface area (Å²) in [4.78, 5) is 0. The Morgan fingerprint density at radius 3 is 2.87 bits per heavy atom. The second kappa shape index (κ2) is 4.26. The number of nitrogens with one attached hydrogen (secondary N) is 1. The first-order valence-electron chi connectivity index (χ1n) is 4.26. The third-order valence-corrected chi connectivity index (χ3v) is 2.92. The molecule has 2 N–H and O–H groups in total.